The molecule has 0 aliphatic heterocycles. The van der Waals surface area contributed by atoms with Gasteiger partial charge in [-0.25, -0.2) is 0 Å². The van der Waals surface area contributed by atoms with Crippen LogP contribution in [0.15, 0.2) is 36.4 Å². The van der Waals surface area contributed by atoms with Crippen LogP contribution in [-0.4, -0.2) is 45.3 Å². The third kappa shape index (κ3) is 3.67. The van der Waals surface area contributed by atoms with Gasteiger partial charge in [0.2, 0.25) is 0 Å². The molecule has 8 heteroatoms. The second-order valence-corrected chi connectivity index (χ2v) is 4.86. The van der Waals surface area contributed by atoms with Crippen LogP contribution in [-0.2, 0) is 0 Å². The quantitative estimate of drug-likeness (QED) is 0.351. The minimum Gasteiger partial charge on any atom is -0.504 e. The van der Waals surface area contributed by atoms with Crippen molar-refractivity contribution in [2.75, 3.05) is 13.1 Å². The maximum Gasteiger partial charge on any atom is 0.255 e. The van der Waals surface area contributed by atoms with E-state index in [2.05, 4.69) is 10.6 Å². The molecule has 0 bridgehead atoms. The fraction of sp³-hybridized carbons (Fsp3) is 0.125. The van der Waals surface area contributed by atoms with Gasteiger partial charge in [-0.3, -0.25) is 9.59 Å². The minimum absolute atomic E-state index is 0.0548. The van der Waals surface area contributed by atoms with Crippen LogP contribution in [0.25, 0.3) is 0 Å². The number of phenolic OH excluding ortho intramolecular Hbond substituents is 4. The summed E-state index contributed by atoms with van der Waals surface area (Å²) in [6.45, 7) is 0.110. The standard InChI is InChI=1S/C16H16N2O6/c19-11-5-1-3-9(13(11)21)15(23)17-7-8-18-16(24)10-4-2-6-12(20)14(10)22/h1-6,19-22H,7-8H2,(H,17,23)(H,18,24). The highest BCUT2D eigenvalue weighted by atomic mass is 16.3. The summed E-state index contributed by atoms with van der Waals surface area (Å²) in [5.41, 5.74) is -0.182. The van der Waals surface area contributed by atoms with Crippen LogP contribution >= 0.6 is 0 Å². The fourth-order valence-electron chi connectivity index (χ4n) is 1.97. The van der Waals surface area contributed by atoms with Crippen molar-refractivity contribution >= 4 is 11.8 Å². The zero-order valence-corrected chi connectivity index (χ0v) is 12.5. The molecule has 0 aliphatic rings. The number of hydrogen-bond acceptors (Lipinski definition) is 6. The summed E-state index contributed by atoms with van der Waals surface area (Å²) in [5.74, 6) is -3.09. The van der Waals surface area contributed by atoms with Crippen LogP contribution in [0.4, 0.5) is 0 Å². The number of rotatable bonds is 5. The van der Waals surface area contributed by atoms with E-state index in [1.807, 2.05) is 0 Å². The summed E-state index contributed by atoms with van der Waals surface area (Å²) in [6, 6.07) is 8.00. The highest BCUT2D eigenvalue weighted by molar-refractivity contribution is 5.98. The molecule has 0 spiro atoms. The largest absolute Gasteiger partial charge is 0.504 e. The zero-order valence-electron chi connectivity index (χ0n) is 12.5. The third-order valence-corrected chi connectivity index (χ3v) is 3.21. The van der Waals surface area contributed by atoms with Crippen molar-refractivity contribution in [3.8, 4) is 23.0 Å². The number of carbonyl (C=O) groups excluding carboxylic acids is 2. The number of phenols is 4. The van der Waals surface area contributed by atoms with Gasteiger partial charge in [-0.15, -0.1) is 0 Å². The fourth-order valence-corrected chi connectivity index (χ4v) is 1.97. The molecule has 0 saturated carbocycles. The molecule has 2 aromatic carbocycles. The van der Waals surface area contributed by atoms with Crippen LogP contribution in [0.5, 0.6) is 23.0 Å². The molecule has 0 unspecified atom stereocenters. The van der Waals surface area contributed by atoms with Crippen molar-refractivity contribution < 1.29 is 30.0 Å². The Kier molecular flexibility index (Phi) is 5.10. The van der Waals surface area contributed by atoms with Crippen LogP contribution in [0, 0.1) is 0 Å². The minimum atomic E-state index is -0.613. The topological polar surface area (TPSA) is 139 Å². The van der Waals surface area contributed by atoms with Gasteiger partial charge in [-0.2, -0.15) is 0 Å². The molecule has 126 valence electrons. The maximum absolute atomic E-state index is 11.9. The molecule has 0 fully saturated rings. The Morgan fingerprint density at radius 3 is 1.46 bits per heavy atom. The third-order valence-electron chi connectivity index (χ3n) is 3.21. The van der Waals surface area contributed by atoms with Crippen molar-refractivity contribution in [1.29, 1.82) is 0 Å². The molecule has 2 aromatic rings. The van der Waals surface area contributed by atoms with E-state index < -0.39 is 34.8 Å². The normalized spacial score (nSPS) is 10.2. The summed E-state index contributed by atoms with van der Waals surface area (Å²) in [7, 11) is 0. The second kappa shape index (κ2) is 7.23. The Labute approximate surface area is 137 Å². The SMILES string of the molecule is O=C(NCCNC(=O)c1cccc(O)c1O)c1cccc(O)c1O. The smallest absolute Gasteiger partial charge is 0.255 e. The molecule has 0 aromatic heterocycles. The van der Waals surface area contributed by atoms with Gasteiger partial charge in [0.25, 0.3) is 11.8 Å². The van der Waals surface area contributed by atoms with Gasteiger partial charge in [-0.1, -0.05) is 12.1 Å². The summed E-state index contributed by atoms with van der Waals surface area (Å²) in [6.07, 6.45) is 0. The molecular formula is C16H16N2O6. The van der Waals surface area contributed by atoms with E-state index in [9.17, 15) is 30.0 Å². The molecule has 0 atom stereocenters. The Morgan fingerprint density at radius 1 is 0.708 bits per heavy atom. The first kappa shape index (κ1) is 16.9. The summed E-state index contributed by atoms with van der Waals surface area (Å²) in [5, 5.41) is 42.8. The Hall–Kier alpha value is -3.42. The summed E-state index contributed by atoms with van der Waals surface area (Å²) in [4.78, 5) is 23.7. The van der Waals surface area contributed by atoms with Crippen molar-refractivity contribution in [2.24, 2.45) is 0 Å². The summed E-state index contributed by atoms with van der Waals surface area (Å²) < 4.78 is 0. The second-order valence-electron chi connectivity index (χ2n) is 4.86. The van der Waals surface area contributed by atoms with E-state index >= 15 is 0 Å². The van der Waals surface area contributed by atoms with Gasteiger partial charge < -0.3 is 31.1 Å². The summed E-state index contributed by atoms with van der Waals surface area (Å²) >= 11 is 0. The lowest BCUT2D eigenvalue weighted by molar-refractivity contribution is 0.0924. The first-order valence-electron chi connectivity index (χ1n) is 7.00. The molecule has 6 N–H and O–H groups in total. The number of carbonyl (C=O) groups is 2. The number of benzene rings is 2. The lowest BCUT2D eigenvalue weighted by atomic mass is 10.1. The zero-order chi connectivity index (χ0) is 17.7. The molecule has 24 heavy (non-hydrogen) atoms. The van der Waals surface area contributed by atoms with Crippen molar-refractivity contribution in [1.82, 2.24) is 10.6 Å². The number of para-hydroxylation sites is 2. The number of aromatic hydroxyl groups is 4. The van der Waals surface area contributed by atoms with Gasteiger partial charge in [-0.05, 0) is 24.3 Å². The number of amides is 2. The Bertz CT molecular complexity index is 710. The molecule has 2 amide bonds. The highest BCUT2D eigenvalue weighted by Crippen LogP contribution is 2.28. The van der Waals surface area contributed by atoms with E-state index in [-0.39, 0.29) is 24.2 Å². The van der Waals surface area contributed by atoms with Gasteiger partial charge in [0.1, 0.15) is 0 Å². The molecule has 8 nitrogen and oxygen atoms in total. The lowest BCUT2D eigenvalue weighted by Crippen LogP contribution is -2.34. The monoisotopic (exact) mass is 332 g/mol. The van der Waals surface area contributed by atoms with Crippen LogP contribution < -0.4 is 10.6 Å². The van der Waals surface area contributed by atoms with Gasteiger partial charge >= 0.3 is 0 Å². The van der Waals surface area contributed by atoms with E-state index in [1.54, 1.807) is 0 Å². The molecule has 2 rings (SSSR count). The van der Waals surface area contributed by atoms with Crippen LogP contribution in [0.2, 0.25) is 0 Å². The Morgan fingerprint density at radius 2 is 1.08 bits per heavy atom. The maximum atomic E-state index is 11.9. The van der Waals surface area contributed by atoms with Crippen molar-refractivity contribution in [3.63, 3.8) is 0 Å². The van der Waals surface area contributed by atoms with Gasteiger partial charge in [0.15, 0.2) is 23.0 Å². The highest BCUT2D eigenvalue weighted by Gasteiger charge is 2.15. The van der Waals surface area contributed by atoms with Crippen LogP contribution in [0.1, 0.15) is 20.7 Å². The Balaban J connectivity index is 1.86. The van der Waals surface area contributed by atoms with E-state index in [4.69, 9.17) is 0 Å². The predicted octanol–water partition coefficient (Wildman–Crippen LogP) is 0.669. The average Bonchev–Trinajstić information content (AvgIpc) is 2.56. The number of hydrogen-bond donors (Lipinski definition) is 6. The first-order chi connectivity index (χ1) is 11.4. The van der Waals surface area contributed by atoms with Gasteiger partial charge in [0.05, 0.1) is 11.1 Å². The van der Waals surface area contributed by atoms with Gasteiger partial charge in [0, 0.05) is 13.1 Å². The van der Waals surface area contributed by atoms with Crippen molar-refractivity contribution in [2.45, 2.75) is 0 Å². The van der Waals surface area contributed by atoms with E-state index in [1.165, 1.54) is 36.4 Å². The average molecular weight is 332 g/mol. The molecule has 0 aliphatic carbocycles. The molecule has 0 saturated heterocycles. The van der Waals surface area contributed by atoms with Crippen LogP contribution in [0.3, 0.4) is 0 Å². The molecule has 0 radical (unpaired) electrons. The van der Waals surface area contributed by atoms with E-state index in [0.29, 0.717) is 0 Å². The molecular weight excluding hydrogens is 316 g/mol. The first-order valence-corrected chi connectivity index (χ1v) is 7.00. The van der Waals surface area contributed by atoms with E-state index in [0.717, 1.165) is 0 Å². The predicted molar refractivity (Wildman–Crippen MR) is 84.2 cm³/mol. The molecule has 0 heterocycles. The lowest BCUT2D eigenvalue weighted by Gasteiger charge is -2.09. The van der Waals surface area contributed by atoms with Crippen molar-refractivity contribution in [3.05, 3.63) is 47.5 Å². The number of nitrogens with one attached hydrogen (secondary N) is 2.